The van der Waals surface area contributed by atoms with E-state index in [2.05, 4.69) is 17.0 Å². The molecular formula is C21H17F3N4OS. The molecule has 2 heterocycles. The molecule has 0 atom stereocenters. The van der Waals surface area contributed by atoms with E-state index in [0.717, 1.165) is 35.7 Å². The van der Waals surface area contributed by atoms with Crippen LogP contribution in [0.1, 0.15) is 16.7 Å². The maximum atomic E-state index is 13.3. The SMILES string of the molecule is N#Cc1ccc(N2C(=O)CN(CCN3CCc4ccccc43)C2=S)cc1C(F)(F)F. The van der Waals surface area contributed by atoms with E-state index in [1.165, 1.54) is 17.7 Å². The molecule has 0 bridgehead atoms. The molecule has 5 nitrogen and oxygen atoms in total. The molecule has 0 saturated carbocycles. The molecule has 154 valence electrons. The van der Waals surface area contributed by atoms with Crippen molar-refractivity contribution in [1.82, 2.24) is 4.90 Å². The molecule has 30 heavy (non-hydrogen) atoms. The summed E-state index contributed by atoms with van der Waals surface area (Å²) in [7, 11) is 0. The molecule has 2 aliphatic rings. The number of nitrogens with zero attached hydrogens (tertiary/aromatic N) is 4. The fourth-order valence-electron chi connectivity index (χ4n) is 3.86. The Morgan fingerprint density at radius 3 is 2.57 bits per heavy atom. The van der Waals surface area contributed by atoms with Crippen LogP contribution in [0.3, 0.4) is 0 Å². The molecule has 1 saturated heterocycles. The molecular weight excluding hydrogens is 413 g/mol. The van der Waals surface area contributed by atoms with E-state index in [9.17, 15) is 18.0 Å². The van der Waals surface area contributed by atoms with E-state index in [-0.39, 0.29) is 23.3 Å². The third-order valence-corrected chi connectivity index (χ3v) is 5.79. The molecule has 2 aliphatic heterocycles. The van der Waals surface area contributed by atoms with E-state index >= 15 is 0 Å². The van der Waals surface area contributed by atoms with Gasteiger partial charge in [-0.25, -0.2) is 0 Å². The second kappa shape index (κ2) is 7.61. The summed E-state index contributed by atoms with van der Waals surface area (Å²) >= 11 is 5.40. The van der Waals surface area contributed by atoms with Crippen molar-refractivity contribution in [2.45, 2.75) is 12.6 Å². The highest BCUT2D eigenvalue weighted by molar-refractivity contribution is 7.80. The number of carbonyl (C=O) groups excluding carboxylic acids is 1. The molecule has 2 aromatic rings. The first-order valence-corrected chi connectivity index (χ1v) is 9.76. The second-order valence-corrected chi connectivity index (χ2v) is 7.50. The zero-order chi connectivity index (χ0) is 21.5. The van der Waals surface area contributed by atoms with Crippen LogP contribution in [0.25, 0.3) is 0 Å². The molecule has 9 heteroatoms. The van der Waals surface area contributed by atoms with Crippen LogP contribution in [0, 0.1) is 11.3 Å². The fourth-order valence-corrected chi connectivity index (χ4v) is 4.23. The van der Waals surface area contributed by atoms with Crippen LogP contribution < -0.4 is 9.80 Å². The quantitative estimate of drug-likeness (QED) is 0.695. The third-order valence-electron chi connectivity index (χ3n) is 5.35. The fraction of sp³-hybridized carbons (Fsp3) is 0.286. The maximum Gasteiger partial charge on any atom is 0.417 e. The highest BCUT2D eigenvalue weighted by Crippen LogP contribution is 2.35. The van der Waals surface area contributed by atoms with Crippen molar-refractivity contribution < 1.29 is 18.0 Å². The number of benzene rings is 2. The number of alkyl halides is 3. The van der Waals surface area contributed by atoms with Crippen molar-refractivity contribution in [3.05, 3.63) is 59.2 Å². The molecule has 0 aliphatic carbocycles. The third kappa shape index (κ3) is 3.59. The lowest BCUT2D eigenvalue weighted by atomic mass is 10.1. The first-order valence-electron chi connectivity index (χ1n) is 9.35. The van der Waals surface area contributed by atoms with Crippen molar-refractivity contribution >= 4 is 34.6 Å². The number of thiocarbonyl (C=S) groups is 1. The lowest BCUT2D eigenvalue weighted by molar-refractivity contribution is -0.137. The van der Waals surface area contributed by atoms with Gasteiger partial charge in [-0.2, -0.15) is 18.4 Å². The van der Waals surface area contributed by atoms with Gasteiger partial charge in [0.2, 0.25) is 0 Å². The first kappa shape index (κ1) is 20.2. The largest absolute Gasteiger partial charge is 0.417 e. The van der Waals surface area contributed by atoms with Crippen LogP contribution >= 0.6 is 12.2 Å². The van der Waals surface area contributed by atoms with Crippen LogP contribution in [0.15, 0.2) is 42.5 Å². The smallest absolute Gasteiger partial charge is 0.369 e. The van der Waals surface area contributed by atoms with Crippen molar-refractivity contribution in [3.63, 3.8) is 0 Å². The minimum atomic E-state index is -4.70. The van der Waals surface area contributed by atoms with Crippen LogP contribution in [0.2, 0.25) is 0 Å². The summed E-state index contributed by atoms with van der Waals surface area (Å²) in [4.78, 5) is 17.6. The Labute approximate surface area is 176 Å². The van der Waals surface area contributed by atoms with E-state index < -0.39 is 17.3 Å². The maximum absolute atomic E-state index is 13.3. The van der Waals surface area contributed by atoms with E-state index in [4.69, 9.17) is 17.5 Å². The summed E-state index contributed by atoms with van der Waals surface area (Å²) in [5, 5.41) is 9.13. The Morgan fingerprint density at radius 2 is 1.83 bits per heavy atom. The number of hydrogen-bond donors (Lipinski definition) is 0. The van der Waals surface area contributed by atoms with Crippen LogP contribution in [-0.4, -0.2) is 42.1 Å². The van der Waals surface area contributed by atoms with Crippen LogP contribution in [-0.2, 0) is 17.4 Å². The van der Waals surface area contributed by atoms with E-state index in [1.54, 1.807) is 4.90 Å². The summed E-state index contributed by atoms with van der Waals surface area (Å²) in [5.74, 6) is -0.389. The number of rotatable bonds is 4. The lowest BCUT2D eigenvalue weighted by Crippen LogP contribution is -2.37. The number of amides is 1. The van der Waals surface area contributed by atoms with Gasteiger partial charge in [0.25, 0.3) is 5.91 Å². The van der Waals surface area contributed by atoms with E-state index in [0.29, 0.717) is 13.1 Å². The molecule has 0 N–H and O–H groups in total. The first-order chi connectivity index (χ1) is 14.3. The summed E-state index contributed by atoms with van der Waals surface area (Å²) in [5.41, 5.74) is 0.883. The zero-order valence-corrected chi connectivity index (χ0v) is 16.6. The second-order valence-electron chi connectivity index (χ2n) is 7.14. The van der Waals surface area contributed by atoms with Gasteiger partial charge in [0.1, 0.15) is 6.54 Å². The normalized spacial score (nSPS) is 16.3. The number of fused-ring (bicyclic) bond motifs is 1. The molecule has 0 aromatic heterocycles. The number of nitriles is 1. The van der Waals surface area contributed by atoms with Gasteiger partial charge in [-0.15, -0.1) is 0 Å². The summed E-state index contributed by atoms with van der Waals surface area (Å²) in [6.45, 7) is 2.02. The Morgan fingerprint density at radius 1 is 1.10 bits per heavy atom. The molecule has 1 fully saturated rings. The molecule has 0 spiro atoms. The van der Waals surface area contributed by atoms with Crippen molar-refractivity contribution in [1.29, 1.82) is 5.26 Å². The summed E-state index contributed by atoms with van der Waals surface area (Å²) in [6, 6.07) is 12.9. The molecule has 0 unspecified atom stereocenters. The van der Waals surface area contributed by atoms with Gasteiger partial charge in [-0.05, 0) is 48.5 Å². The van der Waals surface area contributed by atoms with Crippen LogP contribution in [0.5, 0.6) is 0 Å². The highest BCUT2D eigenvalue weighted by atomic mass is 32.1. The van der Waals surface area contributed by atoms with Gasteiger partial charge in [0.05, 0.1) is 22.9 Å². The van der Waals surface area contributed by atoms with Crippen molar-refractivity contribution in [2.24, 2.45) is 0 Å². The number of carbonyl (C=O) groups is 1. The van der Waals surface area contributed by atoms with Crippen molar-refractivity contribution in [2.75, 3.05) is 36.0 Å². The van der Waals surface area contributed by atoms with Gasteiger partial charge < -0.3 is 9.80 Å². The Hall–Kier alpha value is -3.12. The molecule has 2 aromatic carbocycles. The zero-order valence-electron chi connectivity index (χ0n) is 15.8. The standard InChI is InChI=1S/C21H17F3N4OS/c22-21(23,24)17-11-16(6-5-15(17)12-25)28-19(29)13-27(20(28)30)10-9-26-8-7-14-3-1-2-4-18(14)26/h1-6,11H,7-10,13H2. The minimum Gasteiger partial charge on any atom is -0.369 e. The molecule has 1 amide bonds. The number of para-hydroxylation sites is 1. The Balaban J connectivity index is 1.51. The lowest BCUT2D eigenvalue weighted by Gasteiger charge is -2.25. The minimum absolute atomic E-state index is 0.00960. The van der Waals surface area contributed by atoms with E-state index in [1.807, 2.05) is 12.1 Å². The monoisotopic (exact) mass is 430 g/mol. The summed E-state index contributed by atoms with van der Waals surface area (Å²) < 4.78 is 39.9. The Bertz CT molecular complexity index is 1060. The highest BCUT2D eigenvalue weighted by Gasteiger charge is 2.38. The van der Waals surface area contributed by atoms with Gasteiger partial charge >= 0.3 is 6.18 Å². The number of anilines is 2. The predicted molar refractivity (Wildman–Crippen MR) is 110 cm³/mol. The Kier molecular flexibility index (Phi) is 5.12. The molecule has 0 radical (unpaired) electrons. The van der Waals surface area contributed by atoms with Crippen LogP contribution in [0.4, 0.5) is 24.5 Å². The van der Waals surface area contributed by atoms with Crippen molar-refractivity contribution in [3.8, 4) is 6.07 Å². The molecule has 4 rings (SSSR count). The van der Waals surface area contributed by atoms with Gasteiger partial charge in [0, 0.05) is 25.3 Å². The number of hydrogen-bond acceptors (Lipinski definition) is 4. The average molecular weight is 430 g/mol. The van der Waals surface area contributed by atoms with Gasteiger partial charge in [-0.3, -0.25) is 9.69 Å². The predicted octanol–water partition coefficient (Wildman–Crippen LogP) is 3.57. The number of halogens is 3. The topological polar surface area (TPSA) is 50.6 Å². The summed E-state index contributed by atoms with van der Waals surface area (Å²) in [6.07, 6.45) is -3.74. The van der Waals surface area contributed by atoms with Gasteiger partial charge in [0.15, 0.2) is 5.11 Å². The average Bonchev–Trinajstić information content (AvgIpc) is 3.25. The van der Waals surface area contributed by atoms with Gasteiger partial charge in [-0.1, -0.05) is 18.2 Å².